The van der Waals surface area contributed by atoms with Crippen LogP contribution in [-0.2, 0) is 16.1 Å². The monoisotopic (exact) mass is 468 g/mol. The molecular weight excluding hydrogens is 452 g/mol. The molecule has 0 radical (unpaired) electrons. The molecule has 0 spiro atoms. The number of nitrogens with zero attached hydrogens (tertiary/aromatic N) is 1. The number of aromatic hydroxyl groups is 1. The largest absolute Gasteiger partial charge is 0.502 e. The van der Waals surface area contributed by atoms with Crippen LogP contribution in [0.3, 0.4) is 0 Å². The van der Waals surface area contributed by atoms with Gasteiger partial charge < -0.3 is 14.3 Å². The second-order valence-electron chi connectivity index (χ2n) is 5.86. The molecule has 2 unspecified atom stereocenters. The maximum Gasteiger partial charge on any atom is 0.308 e. The van der Waals surface area contributed by atoms with Crippen LogP contribution in [0.15, 0.2) is 40.8 Å². The first-order valence-corrected chi connectivity index (χ1v) is 10.3. The van der Waals surface area contributed by atoms with E-state index < -0.39 is 22.1 Å². The van der Waals surface area contributed by atoms with E-state index in [0.29, 0.717) is 12.1 Å². The molecular formula is C18H17BrN2O6S. The van der Waals surface area contributed by atoms with Crippen molar-refractivity contribution in [2.45, 2.75) is 18.2 Å². The summed E-state index contributed by atoms with van der Waals surface area (Å²) < 4.78 is 32.8. The van der Waals surface area contributed by atoms with Crippen molar-refractivity contribution < 1.29 is 27.8 Å². The number of aromatic nitrogens is 1. The number of carbonyl (C=O) groups is 1. The minimum absolute atomic E-state index is 0.0696. The van der Waals surface area contributed by atoms with E-state index >= 15 is 0 Å². The molecule has 0 amide bonds. The highest BCUT2D eigenvalue weighted by molar-refractivity contribution is 9.09. The van der Waals surface area contributed by atoms with Gasteiger partial charge in [0.2, 0.25) is 22.8 Å². The summed E-state index contributed by atoms with van der Waals surface area (Å²) in [6, 6.07) is 11.0. The Morgan fingerprint density at radius 1 is 1.36 bits per heavy atom. The highest BCUT2D eigenvalue weighted by Crippen LogP contribution is 2.47. The number of fused-ring (bicyclic) bond motifs is 1. The Balaban J connectivity index is 2.00. The van der Waals surface area contributed by atoms with E-state index in [-0.39, 0.29) is 29.6 Å². The predicted molar refractivity (Wildman–Crippen MR) is 107 cm³/mol. The van der Waals surface area contributed by atoms with Crippen LogP contribution in [0.5, 0.6) is 11.5 Å². The maximum atomic E-state index is 11.5. The normalized spacial score (nSPS) is 13.4. The van der Waals surface area contributed by atoms with Crippen molar-refractivity contribution in [1.82, 2.24) is 9.71 Å². The van der Waals surface area contributed by atoms with E-state index in [1.54, 1.807) is 6.07 Å². The maximum absolute atomic E-state index is 11.5. The fraction of sp³-hybridized carbons (Fsp3) is 0.222. The molecule has 148 valence electrons. The zero-order chi connectivity index (χ0) is 20.3. The number of furan rings is 1. The Labute approximate surface area is 171 Å². The number of pyridine rings is 1. The molecule has 0 fully saturated rings. The number of hydrogen-bond acceptors (Lipinski definition) is 6. The average molecular weight is 469 g/mol. The third-order valence-corrected chi connectivity index (χ3v) is 5.18. The molecule has 0 aliphatic rings. The van der Waals surface area contributed by atoms with Gasteiger partial charge in [-0.1, -0.05) is 40.2 Å². The van der Waals surface area contributed by atoms with E-state index in [1.807, 2.05) is 30.3 Å². The topological polar surface area (TPSA) is 122 Å². The average Bonchev–Trinajstić information content (AvgIpc) is 2.97. The summed E-state index contributed by atoms with van der Waals surface area (Å²) in [6.07, 6.45) is 0.331. The van der Waals surface area contributed by atoms with Gasteiger partial charge in [0.05, 0.1) is 10.3 Å². The van der Waals surface area contributed by atoms with Gasteiger partial charge in [-0.25, -0.2) is 13.9 Å². The number of benzene rings is 1. The van der Waals surface area contributed by atoms with Crippen molar-refractivity contribution in [1.29, 1.82) is 0 Å². The number of ether oxygens (including phenoxy) is 1. The Morgan fingerprint density at radius 3 is 2.82 bits per heavy atom. The van der Waals surface area contributed by atoms with Gasteiger partial charge in [0.25, 0.3) is 0 Å². The molecule has 3 rings (SSSR count). The summed E-state index contributed by atoms with van der Waals surface area (Å²) in [5.41, 5.74) is 1.10. The number of esters is 1. The molecule has 2 atom stereocenters. The summed E-state index contributed by atoms with van der Waals surface area (Å²) in [6.45, 7) is 1.40. The molecule has 0 saturated carbocycles. The minimum atomic E-state index is -2.14. The van der Waals surface area contributed by atoms with Crippen molar-refractivity contribution in [3.63, 3.8) is 0 Å². The lowest BCUT2D eigenvalue weighted by Gasteiger charge is -2.08. The van der Waals surface area contributed by atoms with Crippen LogP contribution >= 0.6 is 15.9 Å². The first-order valence-electron chi connectivity index (χ1n) is 8.25. The van der Waals surface area contributed by atoms with Gasteiger partial charge >= 0.3 is 5.97 Å². The lowest BCUT2D eigenvalue weighted by Crippen LogP contribution is -2.18. The van der Waals surface area contributed by atoms with Crippen molar-refractivity contribution in [2.75, 3.05) is 6.54 Å². The lowest BCUT2D eigenvalue weighted by molar-refractivity contribution is -0.132. The van der Waals surface area contributed by atoms with Crippen molar-refractivity contribution in [3.8, 4) is 23.0 Å². The van der Waals surface area contributed by atoms with Gasteiger partial charge in [-0.3, -0.25) is 9.35 Å². The van der Waals surface area contributed by atoms with Crippen LogP contribution in [0.4, 0.5) is 0 Å². The van der Waals surface area contributed by atoms with E-state index in [9.17, 15) is 14.1 Å². The third-order valence-electron chi connectivity index (χ3n) is 3.85. The molecule has 1 aromatic carbocycles. The number of carbonyl (C=O) groups excluding carboxylic acids is 1. The van der Waals surface area contributed by atoms with Gasteiger partial charge in [0.1, 0.15) is 5.69 Å². The molecule has 0 aliphatic heterocycles. The molecule has 28 heavy (non-hydrogen) atoms. The smallest absolute Gasteiger partial charge is 0.308 e. The molecule has 0 aliphatic carbocycles. The Hall–Kier alpha value is -2.27. The second kappa shape index (κ2) is 8.82. The van der Waals surface area contributed by atoms with Crippen LogP contribution < -0.4 is 9.46 Å². The lowest BCUT2D eigenvalue weighted by atomic mass is 10.2. The Bertz CT molecular complexity index is 1040. The Morgan fingerprint density at radius 2 is 2.11 bits per heavy atom. The van der Waals surface area contributed by atoms with Gasteiger partial charge in [0.15, 0.2) is 11.5 Å². The number of para-hydroxylation sites is 1. The highest BCUT2D eigenvalue weighted by Gasteiger charge is 2.29. The zero-order valence-corrected chi connectivity index (χ0v) is 17.1. The molecule has 2 heterocycles. The van der Waals surface area contributed by atoms with Crippen LogP contribution in [0.25, 0.3) is 22.4 Å². The van der Waals surface area contributed by atoms with E-state index in [1.165, 1.54) is 6.92 Å². The second-order valence-corrected chi connectivity index (χ2v) is 7.75. The van der Waals surface area contributed by atoms with Gasteiger partial charge in [0, 0.05) is 18.9 Å². The van der Waals surface area contributed by atoms with E-state index in [0.717, 1.165) is 10.9 Å². The van der Waals surface area contributed by atoms with Crippen LogP contribution in [0, 0.1) is 0 Å². The summed E-state index contributed by atoms with van der Waals surface area (Å²) in [7, 11) is 0. The SMILES string of the molecule is CC(=O)Oc1c(C(Br)CCNS(=O)O)oc(-c2ccc3ccccc3n2)c1O. The van der Waals surface area contributed by atoms with Crippen LogP contribution in [0.2, 0.25) is 0 Å². The molecule has 0 saturated heterocycles. The van der Waals surface area contributed by atoms with E-state index in [4.69, 9.17) is 13.7 Å². The summed E-state index contributed by atoms with van der Waals surface area (Å²) in [4.78, 5) is 15.5. The van der Waals surface area contributed by atoms with Crippen molar-refractivity contribution >= 4 is 44.1 Å². The first-order chi connectivity index (χ1) is 13.4. The number of hydrogen-bond donors (Lipinski definition) is 3. The standard InChI is InChI=1S/C18H17BrN2O6S/c1-10(22)26-18-15(23)17(27-16(18)12(19)8-9-20-28(24)25)14-7-6-11-4-2-3-5-13(11)21-14/h2-7,12,20,23H,8-9H2,1H3,(H,24,25). The highest BCUT2D eigenvalue weighted by atomic mass is 79.9. The van der Waals surface area contributed by atoms with Crippen molar-refractivity contribution in [2.24, 2.45) is 0 Å². The number of rotatable bonds is 7. The number of alkyl halides is 1. The van der Waals surface area contributed by atoms with Crippen molar-refractivity contribution in [3.05, 3.63) is 42.2 Å². The molecule has 10 heteroatoms. The summed E-state index contributed by atoms with van der Waals surface area (Å²) in [5, 5.41) is 11.5. The number of nitrogens with one attached hydrogen (secondary N) is 1. The fourth-order valence-electron chi connectivity index (χ4n) is 2.64. The molecule has 0 bridgehead atoms. The third kappa shape index (κ3) is 4.58. The van der Waals surface area contributed by atoms with E-state index in [2.05, 4.69) is 25.6 Å². The minimum Gasteiger partial charge on any atom is -0.502 e. The Kier molecular flexibility index (Phi) is 6.45. The fourth-order valence-corrected chi connectivity index (χ4v) is 3.47. The van der Waals surface area contributed by atoms with Crippen LogP contribution in [0.1, 0.15) is 23.9 Å². The first kappa shape index (κ1) is 20.5. The molecule has 8 nitrogen and oxygen atoms in total. The molecule has 2 aromatic heterocycles. The summed E-state index contributed by atoms with van der Waals surface area (Å²) in [5.74, 6) is -0.812. The zero-order valence-electron chi connectivity index (χ0n) is 14.7. The quantitative estimate of drug-likeness (QED) is 0.274. The van der Waals surface area contributed by atoms with Gasteiger partial charge in [-0.15, -0.1) is 0 Å². The summed E-state index contributed by atoms with van der Waals surface area (Å²) >= 11 is 1.26. The van der Waals surface area contributed by atoms with Gasteiger partial charge in [-0.05, 0) is 18.6 Å². The number of halogens is 1. The predicted octanol–water partition coefficient (Wildman–Crippen LogP) is 3.68. The van der Waals surface area contributed by atoms with Crippen LogP contribution in [-0.4, -0.2) is 31.4 Å². The molecule has 3 aromatic rings. The molecule has 3 N–H and O–H groups in total. The van der Waals surface area contributed by atoms with Gasteiger partial charge in [-0.2, -0.15) is 0 Å².